The van der Waals surface area contributed by atoms with E-state index in [1.54, 1.807) is 18.2 Å². The number of aromatic nitrogens is 1. The number of anilines is 1. The van der Waals surface area contributed by atoms with Crippen molar-refractivity contribution in [1.29, 1.82) is 5.26 Å². The van der Waals surface area contributed by atoms with Gasteiger partial charge in [-0.3, -0.25) is 5.43 Å². The van der Waals surface area contributed by atoms with Crippen LogP contribution in [0.15, 0.2) is 28.3 Å². The molecule has 0 aliphatic heterocycles. The molecular formula is C13H12N4O2S2. The van der Waals surface area contributed by atoms with Crippen molar-refractivity contribution in [2.45, 2.75) is 5.03 Å². The second-order valence-electron chi connectivity index (χ2n) is 3.78. The summed E-state index contributed by atoms with van der Waals surface area (Å²) in [5.41, 5.74) is 3.75. The van der Waals surface area contributed by atoms with Crippen molar-refractivity contribution in [3.63, 3.8) is 0 Å². The fraction of sp³-hybridized carbons (Fsp3) is 0.154. The molecule has 0 amide bonds. The van der Waals surface area contributed by atoms with Gasteiger partial charge in [0.15, 0.2) is 11.5 Å². The van der Waals surface area contributed by atoms with E-state index >= 15 is 0 Å². The van der Waals surface area contributed by atoms with Crippen molar-refractivity contribution < 1.29 is 9.84 Å². The fourth-order valence-electron chi connectivity index (χ4n) is 1.56. The summed E-state index contributed by atoms with van der Waals surface area (Å²) in [6, 6.07) is 7.20. The second-order valence-corrected chi connectivity index (χ2v) is 5.34. The Balaban J connectivity index is 2.17. The van der Waals surface area contributed by atoms with Crippen LogP contribution in [0, 0.1) is 11.3 Å². The number of hydrazone groups is 1. The summed E-state index contributed by atoms with van der Waals surface area (Å²) in [6.45, 7) is 0. The Morgan fingerprint density at radius 2 is 2.38 bits per heavy atom. The Morgan fingerprint density at radius 3 is 3.05 bits per heavy atom. The lowest BCUT2D eigenvalue weighted by Gasteiger charge is -2.04. The van der Waals surface area contributed by atoms with Gasteiger partial charge in [-0.2, -0.15) is 14.7 Å². The van der Waals surface area contributed by atoms with Crippen LogP contribution >= 0.6 is 23.3 Å². The minimum Gasteiger partial charge on any atom is -0.504 e. The highest BCUT2D eigenvalue weighted by molar-refractivity contribution is 7.98. The number of phenols is 1. The molecule has 6 nitrogen and oxygen atoms in total. The van der Waals surface area contributed by atoms with Gasteiger partial charge in [-0.15, -0.1) is 11.8 Å². The van der Waals surface area contributed by atoms with Crippen molar-refractivity contribution in [2.24, 2.45) is 5.10 Å². The van der Waals surface area contributed by atoms with Crippen molar-refractivity contribution in [2.75, 3.05) is 18.8 Å². The third-order valence-electron chi connectivity index (χ3n) is 2.59. The minimum absolute atomic E-state index is 0.0140. The average molecular weight is 320 g/mol. The molecule has 0 radical (unpaired) electrons. The van der Waals surface area contributed by atoms with Crippen LogP contribution in [0.5, 0.6) is 11.5 Å². The van der Waals surface area contributed by atoms with Crippen LogP contribution in [0.4, 0.5) is 5.00 Å². The van der Waals surface area contributed by atoms with Gasteiger partial charge in [-0.25, -0.2) is 0 Å². The number of phenolic OH excluding ortho intramolecular Hbond substituents is 1. The third-order valence-corrected chi connectivity index (χ3v) is 4.14. The van der Waals surface area contributed by atoms with E-state index in [2.05, 4.69) is 21.0 Å². The first-order valence-corrected chi connectivity index (χ1v) is 7.79. The Kier molecular flexibility index (Phi) is 5.03. The molecular weight excluding hydrogens is 308 g/mol. The Morgan fingerprint density at radius 1 is 1.57 bits per heavy atom. The highest BCUT2D eigenvalue weighted by atomic mass is 32.2. The van der Waals surface area contributed by atoms with Gasteiger partial charge in [-0.1, -0.05) is 6.07 Å². The summed E-state index contributed by atoms with van der Waals surface area (Å²) in [5, 5.41) is 24.3. The van der Waals surface area contributed by atoms with Gasteiger partial charge in [0.05, 0.1) is 13.3 Å². The van der Waals surface area contributed by atoms with E-state index in [0.29, 0.717) is 26.9 Å². The first-order chi connectivity index (χ1) is 10.2. The number of hydrogen-bond acceptors (Lipinski definition) is 8. The summed E-state index contributed by atoms with van der Waals surface area (Å²) in [6.07, 6.45) is 3.31. The molecule has 1 aromatic heterocycles. The zero-order valence-electron chi connectivity index (χ0n) is 11.3. The zero-order chi connectivity index (χ0) is 15.2. The number of para-hydroxylation sites is 1. The lowest BCUT2D eigenvalue weighted by Crippen LogP contribution is -1.92. The van der Waals surface area contributed by atoms with Crippen LogP contribution in [0.1, 0.15) is 11.1 Å². The standard InChI is InChI=1S/C13H12N4O2S2/c1-19-10-5-3-4-8(11(10)18)7-15-16-12-9(6-14)13(20-2)17-21-12/h3-5,7,16,18H,1-2H3/b15-7-. The first kappa shape index (κ1) is 15.2. The van der Waals surface area contributed by atoms with Gasteiger partial charge in [0, 0.05) is 5.56 Å². The molecule has 1 heterocycles. The summed E-state index contributed by atoms with van der Waals surface area (Å²) in [4.78, 5) is 0. The number of methoxy groups -OCH3 is 1. The largest absolute Gasteiger partial charge is 0.504 e. The number of benzene rings is 1. The molecule has 2 N–H and O–H groups in total. The number of ether oxygens (including phenoxy) is 1. The highest BCUT2D eigenvalue weighted by Crippen LogP contribution is 2.30. The molecule has 2 aromatic rings. The van der Waals surface area contributed by atoms with E-state index in [0.717, 1.165) is 0 Å². The Hall–Kier alpha value is -2.24. The lowest BCUT2D eigenvalue weighted by molar-refractivity contribution is 0.373. The van der Waals surface area contributed by atoms with Gasteiger partial charge in [0.1, 0.15) is 21.7 Å². The van der Waals surface area contributed by atoms with Crippen LogP contribution in [0.2, 0.25) is 0 Å². The van der Waals surface area contributed by atoms with Gasteiger partial charge in [0.2, 0.25) is 0 Å². The molecule has 108 valence electrons. The maximum atomic E-state index is 9.92. The second kappa shape index (κ2) is 6.97. The number of rotatable bonds is 5. The topological polar surface area (TPSA) is 90.5 Å². The number of hydrogen-bond donors (Lipinski definition) is 2. The zero-order valence-corrected chi connectivity index (χ0v) is 13.0. The molecule has 0 unspecified atom stereocenters. The van der Waals surface area contributed by atoms with Crippen molar-refractivity contribution in [1.82, 2.24) is 4.37 Å². The molecule has 8 heteroatoms. The van der Waals surface area contributed by atoms with Crippen LogP contribution < -0.4 is 10.2 Å². The molecule has 0 bridgehead atoms. The molecule has 0 aliphatic rings. The number of nitrogens with zero attached hydrogens (tertiary/aromatic N) is 3. The minimum atomic E-state index is 0.0140. The number of aromatic hydroxyl groups is 1. The Labute approximate surface area is 130 Å². The van der Waals surface area contributed by atoms with E-state index < -0.39 is 0 Å². The molecule has 0 saturated heterocycles. The van der Waals surface area contributed by atoms with Gasteiger partial charge >= 0.3 is 0 Å². The smallest absolute Gasteiger partial charge is 0.166 e. The molecule has 0 spiro atoms. The summed E-state index contributed by atoms with van der Waals surface area (Å²) >= 11 is 2.57. The van der Waals surface area contributed by atoms with E-state index in [4.69, 9.17) is 10.00 Å². The van der Waals surface area contributed by atoms with Crippen molar-refractivity contribution in [3.05, 3.63) is 29.3 Å². The van der Waals surface area contributed by atoms with Gasteiger partial charge in [-0.05, 0) is 29.9 Å². The van der Waals surface area contributed by atoms with E-state index in [1.807, 2.05) is 6.26 Å². The maximum absolute atomic E-state index is 9.92. The SMILES string of the molecule is COc1cccc(/C=N\Nc2snc(SC)c2C#N)c1O. The van der Waals surface area contributed by atoms with E-state index in [-0.39, 0.29) is 5.75 Å². The summed E-state index contributed by atoms with van der Waals surface area (Å²) in [7, 11) is 1.48. The molecule has 0 atom stereocenters. The van der Waals surface area contributed by atoms with Gasteiger partial charge < -0.3 is 9.84 Å². The van der Waals surface area contributed by atoms with Crippen LogP contribution in [0.3, 0.4) is 0 Å². The normalized spacial score (nSPS) is 10.5. The predicted octanol–water partition coefficient (Wildman–Crippen LogP) is 2.90. The number of thioether (sulfide) groups is 1. The molecule has 21 heavy (non-hydrogen) atoms. The lowest BCUT2D eigenvalue weighted by atomic mass is 10.2. The summed E-state index contributed by atoms with van der Waals surface area (Å²) < 4.78 is 9.17. The van der Waals surface area contributed by atoms with E-state index in [9.17, 15) is 5.11 Å². The molecule has 2 rings (SSSR count). The monoisotopic (exact) mass is 320 g/mol. The number of nitriles is 1. The molecule has 0 fully saturated rings. The Bertz CT molecular complexity index is 707. The van der Waals surface area contributed by atoms with Crippen molar-refractivity contribution >= 4 is 34.5 Å². The fourth-order valence-corrected chi connectivity index (χ4v) is 2.98. The number of nitrogens with one attached hydrogen (secondary N) is 1. The van der Waals surface area contributed by atoms with Crippen LogP contribution in [-0.2, 0) is 0 Å². The molecule has 1 aromatic carbocycles. The van der Waals surface area contributed by atoms with Crippen LogP contribution in [-0.4, -0.2) is 29.1 Å². The summed E-state index contributed by atoms with van der Waals surface area (Å²) in [5.74, 6) is 0.388. The maximum Gasteiger partial charge on any atom is 0.166 e. The highest BCUT2D eigenvalue weighted by Gasteiger charge is 2.12. The predicted molar refractivity (Wildman–Crippen MR) is 84.5 cm³/mol. The first-order valence-electron chi connectivity index (χ1n) is 5.80. The molecule has 0 saturated carbocycles. The van der Waals surface area contributed by atoms with Crippen molar-refractivity contribution in [3.8, 4) is 17.6 Å². The average Bonchev–Trinajstić information content (AvgIpc) is 2.91. The molecule has 0 aliphatic carbocycles. The van der Waals surface area contributed by atoms with Crippen LogP contribution in [0.25, 0.3) is 0 Å². The van der Waals surface area contributed by atoms with Gasteiger partial charge in [0.25, 0.3) is 0 Å². The third kappa shape index (κ3) is 3.26. The quantitative estimate of drug-likeness (QED) is 0.500. The van der Waals surface area contributed by atoms with E-state index in [1.165, 1.54) is 36.6 Å².